The van der Waals surface area contributed by atoms with E-state index in [-0.39, 0.29) is 17.9 Å². The number of carbonyl (C=O) groups is 1. The summed E-state index contributed by atoms with van der Waals surface area (Å²) in [5, 5.41) is 11.0. The zero-order valence-corrected chi connectivity index (χ0v) is 7.67. The minimum absolute atomic E-state index is 0.0862. The van der Waals surface area contributed by atoms with Gasteiger partial charge in [0.2, 0.25) is 5.91 Å². The maximum Gasteiger partial charge on any atom is 0.224 e. The number of nitriles is 1. The van der Waals surface area contributed by atoms with E-state index in [1.807, 2.05) is 6.07 Å². The van der Waals surface area contributed by atoms with Gasteiger partial charge in [-0.25, -0.2) is 4.39 Å². The van der Waals surface area contributed by atoms with Gasteiger partial charge in [-0.15, -0.1) is 0 Å². The number of rotatable bonds is 2. The molecule has 0 bridgehead atoms. The summed E-state index contributed by atoms with van der Waals surface area (Å²) in [7, 11) is 1.51. The smallest absolute Gasteiger partial charge is 0.224 e. The van der Waals surface area contributed by atoms with Gasteiger partial charge in [-0.3, -0.25) is 4.79 Å². The van der Waals surface area contributed by atoms with E-state index in [2.05, 4.69) is 5.32 Å². The summed E-state index contributed by atoms with van der Waals surface area (Å²) in [6.07, 6.45) is 0.0862. The van der Waals surface area contributed by atoms with E-state index in [1.165, 1.54) is 19.2 Å². The largest absolute Gasteiger partial charge is 0.359 e. The Morgan fingerprint density at radius 1 is 1.57 bits per heavy atom. The van der Waals surface area contributed by atoms with Gasteiger partial charge in [0.15, 0.2) is 0 Å². The first-order chi connectivity index (χ1) is 6.65. The molecule has 3 nitrogen and oxygen atoms in total. The Kier molecular flexibility index (Phi) is 3.19. The molecular formula is C10H9FN2O. The van der Waals surface area contributed by atoms with Gasteiger partial charge in [0.05, 0.1) is 18.1 Å². The molecule has 0 saturated heterocycles. The molecule has 1 aromatic carbocycles. The van der Waals surface area contributed by atoms with Gasteiger partial charge in [0.1, 0.15) is 5.82 Å². The van der Waals surface area contributed by atoms with Crippen LogP contribution in [0.3, 0.4) is 0 Å². The topological polar surface area (TPSA) is 52.9 Å². The standard InChI is InChI=1S/C10H9FN2O/c1-13-10(14)5-7-2-8(6-12)4-9(11)3-7/h2-4H,5H2,1H3,(H,13,14). The summed E-state index contributed by atoms with van der Waals surface area (Å²) in [6.45, 7) is 0. The van der Waals surface area contributed by atoms with Crippen LogP contribution in [-0.4, -0.2) is 13.0 Å². The molecule has 1 aromatic rings. The van der Waals surface area contributed by atoms with Crippen LogP contribution in [0.5, 0.6) is 0 Å². The summed E-state index contributed by atoms with van der Waals surface area (Å²) < 4.78 is 12.9. The van der Waals surface area contributed by atoms with Gasteiger partial charge in [-0.05, 0) is 23.8 Å². The number of nitrogens with zero attached hydrogens (tertiary/aromatic N) is 1. The van der Waals surface area contributed by atoms with E-state index >= 15 is 0 Å². The Morgan fingerprint density at radius 2 is 2.29 bits per heavy atom. The number of amides is 1. The normalized spacial score (nSPS) is 9.21. The fourth-order valence-electron chi connectivity index (χ4n) is 1.09. The molecule has 1 N–H and O–H groups in total. The van der Waals surface area contributed by atoms with Crippen LogP contribution in [-0.2, 0) is 11.2 Å². The Balaban J connectivity index is 2.93. The molecule has 0 aromatic heterocycles. The van der Waals surface area contributed by atoms with Crippen molar-refractivity contribution in [3.8, 4) is 6.07 Å². The van der Waals surface area contributed by atoms with Crippen molar-refractivity contribution < 1.29 is 9.18 Å². The lowest BCUT2D eigenvalue weighted by molar-refractivity contribution is -0.119. The molecule has 0 aliphatic heterocycles. The van der Waals surface area contributed by atoms with E-state index in [0.717, 1.165) is 6.07 Å². The van der Waals surface area contributed by atoms with E-state index in [4.69, 9.17) is 5.26 Å². The molecule has 0 unspecified atom stereocenters. The fourth-order valence-corrected chi connectivity index (χ4v) is 1.09. The molecular weight excluding hydrogens is 183 g/mol. The van der Waals surface area contributed by atoms with Crippen LogP contribution in [0.25, 0.3) is 0 Å². The first-order valence-electron chi connectivity index (χ1n) is 4.06. The summed E-state index contributed by atoms with van der Waals surface area (Å²) in [4.78, 5) is 11.0. The van der Waals surface area contributed by atoms with Crippen LogP contribution in [0.1, 0.15) is 11.1 Å². The highest BCUT2D eigenvalue weighted by Crippen LogP contribution is 2.08. The van der Waals surface area contributed by atoms with Crippen molar-refractivity contribution in [3.05, 3.63) is 35.1 Å². The van der Waals surface area contributed by atoms with Crippen molar-refractivity contribution in [2.75, 3.05) is 7.05 Å². The van der Waals surface area contributed by atoms with Crippen molar-refractivity contribution in [1.82, 2.24) is 5.32 Å². The summed E-state index contributed by atoms with van der Waals surface area (Å²) >= 11 is 0. The molecule has 0 atom stereocenters. The summed E-state index contributed by atoms with van der Waals surface area (Å²) in [5.74, 6) is -0.706. The number of halogens is 1. The minimum Gasteiger partial charge on any atom is -0.359 e. The zero-order chi connectivity index (χ0) is 10.6. The number of benzene rings is 1. The van der Waals surface area contributed by atoms with Crippen LogP contribution < -0.4 is 5.32 Å². The van der Waals surface area contributed by atoms with Gasteiger partial charge < -0.3 is 5.32 Å². The first-order valence-corrected chi connectivity index (χ1v) is 4.06. The first kappa shape index (κ1) is 10.2. The highest BCUT2D eigenvalue weighted by atomic mass is 19.1. The number of hydrogen-bond acceptors (Lipinski definition) is 2. The van der Waals surface area contributed by atoms with Crippen LogP contribution in [0.4, 0.5) is 4.39 Å². The average Bonchev–Trinajstić information content (AvgIpc) is 2.16. The summed E-state index contributed by atoms with van der Waals surface area (Å²) in [6, 6.07) is 5.70. The van der Waals surface area contributed by atoms with Crippen LogP contribution >= 0.6 is 0 Å². The monoisotopic (exact) mass is 192 g/mol. The van der Waals surface area contributed by atoms with Crippen molar-refractivity contribution >= 4 is 5.91 Å². The lowest BCUT2D eigenvalue weighted by Crippen LogP contribution is -2.20. The van der Waals surface area contributed by atoms with Crippen molar-refractivity contribution in [2.24, 2.45) is 0 Å². The third-order valence-electron chi connectivity index (χ3n) is 1.73. The fraction of sp³-hybridized carbons (Fsp3) is 0.200. The number of nitrogens with one attached hydrogen (secondary N) is 1. The third kappa shape index (κ3) is 2.56. The molecule has 14 heavy (non-hydrogen) atoms. The molecule has 0 spiro atoms. The molecule has 0 aliphatic carbocycles. The number of likely N-dealkylation sites (N-methyl/N-ethyl adjacent to an activating group) is 1. The predicted octanol–water partition coefficient (Wildman–Crippen LogP) is 0.986. The van der Waals surface area contributed by atoms with Gasteiger partial charge in [-0.1, -0.05) is 0 Å². The van der Waals surface area contributed by atoms with Crippen LogP contribution in [0.2, 0.25) is 0 Å². The highest BCUT2D eigenvalue weighted by Gasteiger charge is 2.04. The van der Waals surface area contributed by atoms with Crippen LogP contribution in [0.15, 0.2) is 18.2 Å². The van der Waals surface area contributed by atoms with E-state index in [1.54, 1.807) is 0 Å². The molecule has 72 valence electrons. The van der Waals surface area contributed by atoms with Crippen LogP contribution in [0, 0.1) is 17.1 Å². The SMILES string of the molecule is CNC(=O)Cc1cc(F)cc(C#N)c1. The second-order valence-corrected chi connectivity index (χ2v) is 2.81. The van der Waals surface area contributed by atoms with Gasteiger partial charge in [0, 0.05) is 7.05 Å². The van der Waals surface area contributed by atoms with Crippen molar-refractivity contribution in [1.29, 1.82) is 5.26 Å². The molecule has 4 heteroatoms. The lowest BCUT2D eigenvalue weighted by atomic mass is 10.1. The van der Waals surface area contributed by atoms with Crippen molar-refractivity contribution in [3.63, 3.8) is 0 Å². The Bertz CT molecular complexity index is 396. The Labute approximate surface area is 81.2 Å². The molecule has 0 saturated carbocycles. The second-order valence-electron chi connectivity index (χ2n) is 2.81. The maximum atomic E-state index is 12.9. The quantitative estimate of drug-likeness (QED) is 0.759. The van der Waals surface area contributed by atoms with E-state index in [9.17, 15) is 9.18 Å². The van der Waals surface area contributed by atoms with Gasteiger partial charge in [0.25, 0.3) is 0 Å². The molecule has 0 radical (unpaired) electrons. The predicted molar refractivity (Wildman–Crippen MR) is 48.9 cm³/mol. The highest BCUT2D eigenvalue weighted by molar-refractivity contribution is 5.78. The maximum absolute atomic E-state index is 12.9. The molecule has 0 heterocycles. The number of carbonyl (C=O) groups excluding carboxylic acids is 1. The van der Waals surface area contributed by atoms with Crippen molar-refractivity contribution in [2.45, 2.75) is 6.42 Å². The molecule has 0 aliphatic rings. The van der Waals surface area contributed by atoms with Gasteiger partial charge >= 0.3 is 0 Å². The Hall–Kier alpha value is -1.89. The van der Waals surface area contributed by atoms with E-state index in [0.29, 0.717) is 5.56 Å². The lowest BCUT2D eigenvalue weighted by Gasteiger charge is -2.01. The molecule has 1 amide bonds. The summed E-state index contributed by atoms with van der Waals surface area (Å²) in [5.41, 5.74) is 0.727. The van der Waals surface area contributed by atoms with E-state index < -0.39 is 5.82 Å². The third-order valence-corrected chi connectivity index (χ3v) is 1.73. The average molecular weight is 192 g/mol. The number of hydrogen-bond donors (Lipinski definition) is 1. The molecule has 0 fully saturated rings. The zero-order valence-electron chi connectivity index (χ0n) is 7.67. The minimum atomic E-state index is -0.497. The van der Waals surface area contributed by atoms with Gasteiger partial charge in [-0.2, -0.15) is 5.26 Å². The second kappa shape index (κ2) is 4.38. The molecule has 1 rings (SSSR count). The Morgan fingerprint density at radius 3 is 2.86 bits per heavy atom.